The summed E-state index contributed by atoms with van der Waals surface area (Å²) < 4.78 is 0. The van der Waals surface area contributed by atoms with Crippen molar-refractivity contribution < 1.29 is 0 Å². The maximum atomic E-state index is 2.00. The summed E-state index contributed by atoms with van der Waals surface area (Å²) in [6.45, 7) is 0. The molecule has 38 valence electrons. The Morgan fingerprint density at radius 1 is 0.429 bits per heavy atom. The molecule has 0 aromatic heterocycles. The van der Waals surface area contributed by atoms with Gasteiger partial charge < -0.3 is 0 Å². The topological polar surface area (TPSA) is 0 Å². The predicted molar refractivity (Wildman–Crippen MR) is 37.5 cm³/mol. The number of hydrogen-bond acceptors (Lipinski definition) is 0. The molecule has 0 nitrogen and oxygen atoms in total. The average Bonchev–Trinajstić information content (AvgIpc) is 1.72. The molecule has 1 heteroatoms. The van der Waals surface area contributed by atoms with Crippen LogP contribution in [-0.2, 0) is 0 Å². The molecule has 0 heterocycles. The molecule has 0 bridgehead atoms. The van der Waals surface area contributed by atoms with Crippen molar-refractivity contribution in [3.05, 3.63) is 36.4 Å². The van der Waals surface area contributed by atoms with E-state index >= 15 is 0 Å². The highest BCUT2D eigenvalue weighted by molar-refractivity contribution is 6.92. The molecule has 0 amide bonds. The molecule has 1 aromatic carbocycles. The first-order valence-electron chi connectivity index (χ1n) is 2.00. The van der Waals surface area contributed by atoms with Crippen molar-refractivity contribution in [3.8, 4) is 0 Å². The fourth-order valence-electron chi connectivity index (χ4n) is 0.385. The van der Waals surface area contributed by atoms with Gasteiger partial charge in [-0.3, -0.25) is 0 Å². The van der Waals surface area contributed by atoms with Crippen LogP contribution in [0.2, 0.25) is 0 Å². The molecule has 0 aliphatic rings. The second-order valence-corrected chi connectivity index (χ2v) is 1.15. The van der Waals surface area contributed by atoms with Gasteiger partial charge in [-0.25, -0.2) is 0 Å². The Labute approximate surface area is 47.2 Å². The van der Waals surface area contributed by atoms with E-state index in [1.54, 1.807) is 0 Å². The minimum atomic E-state index is 0. The lowest BCUT2D eigenvalue weighted by Gasteiger charge is -1.69. The minimum Gasteiger partial charge on any atom is -0.153 e. The van der Waals surface area contributed by atoms with E-state index in [1.807, 2.05) is 36.4 Å². The summed E-state index contributed by atoms with van der Waals surface area (Å²) in [5.74, 6) is 0. The second kappa shape index (κ2) is 3.83. The molecule has 0 aliphatic carbocycles. The number of benzene rings is 1. The summed E-state index contributed by atoms with van der Waals surface area (Å²) in [5, 5.41) is 0. The van der Waals surface area contributed by atoms with E-state index < -0.39 is 0 Å². The van der Waals surface area contributed by atoms with E-state index in [-0.39, 0.29) is 9.90 Å². The second-order valence-electron chi connectivity index (χ2n) is 1.15. The SMILES string of the molecule is P.c1ccccc1. The quantitative estimate of drug-likeness (QED) is 0.448. The van der Waals surface area contributed by atoms with Crippen molar-refractivity contribution >= 4 is 9.90 Å². The highest BCUT2D eigenvalue weighted by Crippen LogP contribution is 1.79. The lowest BCUT2D eigenvalue weighted by molar-refractivity contribution is 1.72. The van der Waals surface area contributed by atoms with Crippen LogP contribution in [0.3, 0.4) is 0 Å². The van der Waals surface area contributed by atoms with Gasteiger partial charge in [-0.05, 0) is 0 Å². The largest absolute Gasteiger partial charge is 0.153 e. The molecule has 0 radical (unpaired) electrons. The van der Waals surface area contributed by atoms with Gasteiger partial charge in [-0.2, -0.15) is 9.90 Å². The Hall–Kier alpha value is -0.350. The third kappa shape index (κ3) is 2.36. The van der Waals surface area contributed by atoms with E-state index in [4.69, 9.17) is 0 Å². The van der Waals surface area contributed by atoms with E-state index in [0.29, 0.717) is 0 Å². The summed E-state index contributed by atoms with van der Waals surface area (Å²) in [7, 11) is 0. The standard InChI is InChI=1S/C6H6.H3P/c1-2-4-6-5-3-1;/h1-6H;1H3. The molecule has 1 rings (SSSR count). The van der Waals surface area contributed by atoms with Crippen LogP contribution in [0, 0.1) is 0 Å². The van der Waals surface area contributed by atoms with Gasteiger partial charge in [-0.15, -0.1) is 0 Å². The van der Waals surface area contributed by atoms with Crippen molar-refractivity contribution in [2.24, 2.45) is 0 Å². The van der Waals surface area contributed by atoms with E-state index in [1.165, 1.54) is 0 Å². The molecule has 1 aromatic rings. The highest BCUT2D eigenvalue weighted by atomic mass is 31.0. The molecular weight excluding hydrogens is 103 g/mol. The minimum absolute atomic E-state index is 0. The number of rotatable bonds is 0. The van der Waals surface area contributed by atoms with Gasteiger partial charge in [0.1, 0.15) is 0 Å². The van der Waals surface area contributed by atoms with Crippen molar-refractivity contribution in [1.29, 1.82) is 0 Å². The lowest BCUT2D eigenvalue weighted by Crippen LogP contribution is -1.47. The first-order valence-corrected chi connectivity index (χ1v) is 2.00. The van der Waals surface area contributed by atoms with Crippen molar-refractivity contribution in [2.45, 2.75) is 0 Å². The van der Waals surface area contributed by atoms with Gasteiger partial charge in [0.25, 0.3) is 0 Å². The molecular formula is C6H9P. The highest BCUT2D eigenvalue weighted by Gasteiger charge is 1.57. The zero-order chi connectivity index (χ0) is 4.24. The molecule has 0 saturated carbocycles. The van der Waals surface area contributed by atoms with E-state index in [0.717, 1.165) is 0 Å². The summed E-state index contributed by atoms with van der Waals surface area (Å²) in [4.78, 5) is 0. The van der Waals surface area contributed by atoms with Crippen LogP contribution in [0.5, 0.6) is 0 Å². The van der Waals surface area contributed by atoms with Crippen molar-refractivity contribution in [1.82, 2.24) is 0 Å². The molecule has 0 fully saturated rings. The van der Waals surface area contributed by atoms with Crippen LogP contribution >= 0.6 is 9.90 Å². The van der Waals surface area contributed by atoms with Crippen LogP contribution < -0.4 is 0 Å². The summed E-state index contributed by atoms with van der Waals surface area (Å²) in [6, 6.07) is 12.0. The van der Waals surface area contributed by atoms with Gasteiger partial charge in [0.15, 0.2) is 0 Å². The third-order valence-electron chi connectivity index (χ3n) is 0.667. The predicted octanol–water partition coefficient (Wildman–Crippen LogP) is 1.74. The normalized spacial score (nSPS) is 6.86. The smallest absolute Gasteiger partial charge is 0.0623 e. The first-order chi connectivity index (χ1) is 3.00. The molecule has 0 N–H and O–H groups in total. The Kier molecular flexibility index (Phi) is 3.64. The van der Waals surface area contributed by atoms with Gasteiger partial charge in [0.05, 0.1) is 0 Å². The fourth-order valence-corrected chi connectivity index (χ4v) is 0.385. The third-order valence-corrected chi connectivity index (χ3v) is 0.667. The van der Waals surface area contributed by atoms with Gasteiger partial charge in [0, 0.05) is 0 Å². The first kappa shape index (κ1) is 6.65. The molecule has 0 saturated heterocycles. The van der Waals surface area contributed by atoms with Crippen LogP contribution in [0.1, 0.15) is 0 Å². The van der Waals surface area contributed by atoms with Crippen LogP contribution in [0.25, 0.3) is 0 Å². The lowest BCUT2D eigenvalue weighted by atomic mass is 10.4. The van der Waals surface area contributed by atoms with Crippen LogP contribution in [0.4, 0.5) is 0 Å². The van der Waals surface area contributed by atoms with Gasteiger partial charge in [-0.1, -0.05) is 36.4 Å². The Morgan fingerprint density at radius 2 is 0.571 bits per heavy atom. The maximum absolute atomic E-state index is 2.00. The Balaban J connectivity index is 0.000000360. The van der Waals surface area contributed by atoms with Crippen molar-refractivity contribution in [2.75, 3.05) is 0 Å². The zero-order valence-electron chi connectivity index (χ0n) is 4.17. The van der Waals surface area contributed by atoms with Crippen LogP contribution in [0.15, 0.2) is 36.4 Å². The maximum Gasteiger partial charge on any atom is -0.0623 e. The summed E-state index contributed by atoms with van der Waals surface area (Å²) in [6.07, 6.45) is 0. The summed E-state index contributed by atoms with van der Waals surface area (Å²) >= 11 is 0. The Morgan fingerprint density at radius 3 is 0.714 bits per heavy atom. The average molecular weight is 112 g/mol. The molecule has 1 atom stereocenters. The molecule has 0 aliphatic heterocycles. The van der Waals surface area contributed by atoms with Crippen LogP contribution in [-0.4, -0.2) is 0 Å². The van der Waals surface area contributed by atoms with E-state index in [9.17, 15) is 0 Å². The Bertz CT molecular complexity index is 76.1. The zero-order valence-corrected chi connectivity index (χ0v) is 5.59. The summed E-state index contributed by atoms with van der Waals surface area (Å²) in [5.41, 5.74) is 0. The van der Waals surface area contributed by atoms with Crippen molar-refractivity contribution in [3.63, 3.8) is 0 Å². The van der Waals surface area contributed by atoms with Gasteiger partial charge in [0.2, 0.25) is 0 Å². The van der Waals surface area contributed by atoms with Gasteiger partial charge >= 0.3 is 0 Å². The monoisotopic (exact) mass is 112 g/mol. The molecule has 1 unspecified atom stereocenters. The molecule has 0 spiro atoms. The number of hydrogen-bond donors (Lipinski definition) is 0. The molecule has 7 heavy (non-hydrogen) atoms. The fraction of sp³-hybridized carbons (Fsp3) is 0. The van der Waals surface area contributed by atoms with E-state index in [2.05, 4.69) is 0 Å².